The molecule has 3 aromatic rings. The number of anilines is 2. The standard InChI is InChI=1S/C18H17F2N9O/c1-23-15(30)9-29-8-11(7-25-29)10-5-12(17(21)24-6-10)18(27-28-22)26-14-4-2-3-13(19)16(14)20/h2-8H,9H2,1H3,(H2,21,24)(H,23,30)(H2,22,26,27). The number of pyridine rings is 1. The number of amidine groups is 1. The van der Waals surface area contributed by atoms with Gasteiger partial charge in [-0.15, -0.1) is 5.10 Å². The number of halogens is 2. The van der Waals surface area contributed by atoms with Crippen molar-refractivity contribution in [2.75, 3.05) is 18.1 Å². The molecule has 2 aromatic heterocycles. The van der Waals surface area contributed by atoms with E-state index in [4.69, 9.17) is 11.3 Å². The van der Waals surface area contributed by atoms with Crippen LogP contribution in [-0.4, -0.2) is 33.6 Å². The largest absolute Gasteiger partial charge is 0.383 e. The van der Waals surface area contributed by atoms with Crippen LogP contribution in [0.15, 0.2) is 53.2 Å². The summed E-state index contributed by atoms with van der Waals surface area (Å²) in [6, 6.07) is 5.17. The molecule has 0 fully saturated rings. The van der Waals surface area contributed by atoms with Gasteiger partial charge in [-0.3, -0.25) is 9.48 Å². The first kappa shape index (κ1) is 20.5. The van der Waals surface area contributed by atoms with E-state index in [1.54, 1.807) is 12.3 Å². The van der Waals surface area contributed by atoms with Crippen molar-refractivity contribution in [1.82, 2.24) is 20.1 Å². The number of benzene rings is 1. The highest BCUT2D eigenvalue weighted by molar-refractivity contribution is 6.11. The first-order chi connectivity index (χ1) is 14.4. The van der Waals surface area contributed by atoms with Crippen molar-refractivity contribution in [3.05, 3.63) is 60.1 Å². The van der Waals surface area contributed by atoms with Gasteiger partial charge in [0.05, 0.1) is 17.4 Å². The van der Waals surface area contributed by atoms with E-state index in [9.17, 15) is 13.6 Å². The Morgan fingerprint density at radius 3 is 2.83 bits per heavy atom. The van der Waals surface area contributed by atoms with E-state index in [1.165, 1.54) is 36.3 Å². The Kier molecular flexibility index (Phi) is 6.05. The number of nitrogen functional groups attached to an aromatic ring is 1. The van der Waals surface area contributed by atoms with Crippen LogP contribution in [0.2, 0.25) is 0 Å². The van der Waals surface area contributed by atoms with Gasteiger partial charge in [-0.1, -0.05) is 11.3 Å². The summed E-state index contributed by atoms with van der Waals surface area (Å²) in [5.41, 5.74) is 14.2. The molecule has 154 valence electrons. The number of carbonyl (C=O) groups is 1. The second kappa shape index (κ2) is 8.86. The van der Waals surface area contributed by atoms with E-state index >= 15 is 0 Å². The Morgan fingerprint density at radius 1 is 1.30 bits per heavy atom. The Morgan fingerprint density at radius 2 is 2.10 bits per heavy atom. The number of nitrogens with zero attached hydrogens (tertiary/aromatic N) is 5. The van der Waals surface area contributed by atoms with E-state index in [2.05, 4.69) is 31.0 Å². The van der Waals surface area contributed by atoms with Gasteiger partial charge in [0, 0.05) is 30.6 Å². The molecule has 5 N–H and O–H groups in total. The molecule has 0 spiro atoms. The van der Waals surface area contributed by atoms with Gasteiger partial charge >= 0.3 is 0 Å². The van der Waals surface area contributed by atoms with Crippen LogP contribution in [-0.2, 0) is 11.3 Å². The number of carbonyl (C=O) groups excluding carboxylic acids is 1. The van der Waals surface area contributed by atoms with Crippen molar-refractivity contribution >= 4 is 23.2 Å². The molecule has 1 aromatic carbocycles. The minimum atomic E-state index is -1.12. The van der Waals surface area contributed by atoms with Crippen LogP contribution in [0.3, 0.4) is 0 Å². The molecule has 0 atom stereocenters. The third kappa shape index (κ3) is 4.43. The van der Waals surface area contributed by atoms with Gasteiger partial charge in [-0.2, -0.15) is 10.6 Å². The molecule has 0 aliphatic rings. The molecule has 10 nitrogen and oxygen atoms in total. The molecule has 0 saturated carbocycles. The van der Waals surface area contributed by atoms with Gasteiger partial charge in [-0.05, 0) is 18.2 Å². The van der Waals surface area contributed by atoms with Crippen LogP contribution >= 0.6 is 0 Å². The SMILES string of the molecule is CNC(=O)Cn1cc(-c2cnc(N)c(/C(=N/N=N)Nc3cccc(F)c3F)c2)cn1. The molecule has 0 unspecified atom stereocenters. The summed E-state index contributed by atoms with van der Waals surface area (Å²) in [6.07, 6.45) is 4.65. The van der Waals surface area contributed by atoms with Gasteiger partial charge in [0.2, 0.25) is 5.91 Å². The van der Waals surface area contributed by atoms with E-state index in [0.717, 1.165) is 6.07 Å². The number of nitrogens with two attached hydrogens (primary N) is 1. The molecular formula is C18H17F2N9O. The van der Waals surface area contributed by atoms with Crippen LogP contribution in [0.1, 0.15) is 5.56 Å². The van der Waals surface area contributed by atoms with Crippen LogP contribution < -0.4 is 16.4 Å². The summed E-state index contributed by atoms with van der Waals surface area (Å²) in [7, 11) is 1.52. The summed E-state index contributed by atoms with van der Waals surface area (Å²) in [6.45, 7) is 0.0383. The Hall–Kier alpha value is -4.22. The molecule has 12 heteroatoms. The maximum Gasteiger partial charge on any atom is 0.241 e. The highest BCUT2D eigenvalue weighted by Crippen LogP contribution is 2.24. The molecule has 1 amide bonds. The third-order valence-corrected chi connectivity index (χ3v) is 4.08. The lowest BCUT2D eigenvalue weighted by Gasteiger charge is -2.12. The van der Waals surface area contributed by atoms with Crippen molar-refractivity contribution in [3.63, 3.8) is 0 Å². The van der Waals surface area contributed by atoms with Crippen LogP contribution in [0.25, 0.3) is 11.1 Å². The summed E-state index contributed by atoms with van der Waals surface area (Å²) in [4.78, 5) is 15.6. The summed E-state index contributed by atoms with van der Waals surface area (Å²) in [5.74, 6) is -2.45. The second-order valence-electron chi connectivity index (χ2n) is 6.03. The van der Waals surface area contributed by atoms with Crippen molar-refractivity contribution < 1.29 is 13.6 Å². The van der Waals surface area contributed by atoms with Crippen molar-refractivity contribution in [1.29, 1.82) is 5.53 Å². The zero-order valence-electron chi connectivity index (χ0n) is 15.7. The molecule has 0 radical (unpaired) electrons. The van der Waals surface area contributed by atoms with Gasteiger partial charge < -0.3 is 16.4 Å². The molecule has 3 rings (SSSR count). The summed E-state index contributed by atoms with van der Waals surface area (Å²) in [5, 5.41) is 15.8. The van der Waals surface area contributed by atoms with E-state index < -0.39 is 11.6 Å². The average Bonchev–Trinajstić information content (AvgIpc) is 3.19. The van der Waals surface area contributed by atoms with Crippen LogP contribution in [0.5, 0.6) is 0 Å². The van der Waals surface area contributed by atoms with Gasteiger partial charge in [-0.25, -0.2) is 13.8 Å². The molecule has 2 heterocycles. The highest BCUT2D eigenvalue weighted by atomic mass is 19.2. The van der Waals surface area contributed by atoms with Crippen molar-refractivity contribution in [2.45, 2.75) is 6.54 Å². The lowest BCUT2D eigenvalue weighted by molar-refractivity contribution is -0.121. The average molecular weight is 413 g/mol. The number of aromatic nitrogens is 3. The second-order valence-corrected chi connectivity index (χ2v) is 6.03. The van der Waals surface area contributed by atoms with E-state index in [1.807, 2.05) is 0 Å². The third-order valence-electron chi connectivity index (χ3n) is 4.08. The van der Waals surface area contributed by atoms with E-state index in [-0.39, 0.29) is 35.4 Å². The Bertz CT molecular complexity index is 1130. The minimum Gasteiger partial charge on any atom is -0.383 e. The monoisotopic (exact) mass is 413 g/mol. The maximum atomic E-state index is 14.0. The fraction of sp³-hybridized carbons (Fsp3) is 0.111. The fourth-order valence-corrected chi connectivity index (χ4v) is 2.57. The van der Waals surface area contributed by atoms with Gasteiger partial charge in [0.25, 0.3) is 0 Å². The fourth-order valence-electron chi connectivity index (χ4n) is 2.57. The predicted molar refractivity (Wildman–Crippen MR) is 106 cm³/mol. The summed E-state index contributed by atoms with van der Waals surface area (Å²) >= 11 is 0. The van der Waals surface area contributed by atoms with Gasteiger partial charge in [0.1, 0.15) is 12.4 Å². The summed E-state index contributed by atoms with van der Waals surface area (Å²) < 4.78 is 29.0. The Balaban J connectivity index is 1.96. The Labute approximate surface area is 169 Å². The molecule has 0 bridgehead atoms. The van der Waals surface area contributed by atoms with Crippen LogP contribution in [0, 0.1) is 17.2 Å². The molecule has 30 heavy (non-hydrogen) atoms. The number of hydrogen-bond acceptors (Lipinski definition) is 6. The first-order valence-electron chi connectivity index (χ1n) is 8.57. The van der Waals surface area contributed by atoms with Gasteiger partial charge in [0.15, 0.2) is 17.5 Å². The number of rotatable bonds is 6. The minimum absolute atomic E-state index is 0.0308. The quantitative estimate of drug-likeness (QED) is 0.212. The number of nitrogens with one attached hydrogen (secondary N) is 3. The molecule has 0 aliphatic heterocycles. The predicted octanol–water partition coefficient (Wildman–Crippen LogP) is 2.36. The smallest absolute Gasteiger partial charge is 0.241 e. The number of hydrogen-bond donors (Lipinski definition) is 4. The topological polar surface area (TPSA) is 146 Å². The highest BCUT2D eigenvalue weighted by Gasteiger charge is 2.16. The first-order valence-corrected chi connectivity index (χ1v) is 8.57. The number of amides is 1. The number of likely N-dealkylation sites (N-methyl/N-ethyl adjacent to an activating group) is 1. The molecule has 0 saturated heterocycles. The van der Waals surface area contributed by atoms with E-state index in [0.29, 0.717) is 11.1 Å². The maximum absolute atomic E-state index is 14.0. The van der Waals surface area contributed by atoms with Crippen LogP contribution in [0.4, 0.5) is 20.3 Å². The molecular weight excluding hydrogens is 396 g/mol. The zero-order chi connectivity index (χ0) is 21.7. The normalized spacial score (nSPS) is 11.2. The zero-order valence-corrected chi connectivity index (χ0v) is 15.7. The lowest BCUT2D eigenvalue weighted by atomic mass is 10.1. The lowest BCUT2D eigenvalue weighted by Crippen LogP contribution is -2.23. The van der Waals surface area contributed by atoms with Crippen molar-refractivity contribution in [3.8, 4) is 11.1 Å². The molecule has 0 aliphatic carbocycles. The van der Waals surface area contributed by atoms with Crippen molar-refractivity contribution in [2.24, 2.45) is 10.3 Å².